The van der Waals surface area contributed by atoms with E-state index in [0.29, 0.717) is 0 Å². The highest BCUT2D eigenvalue weighted by Gasteiger charge is 2.34. The van der Waals surface area contributed by atoms with Crippen molar-refractivity contribution in [3.8, 4) is 0 Å². The maximum atomic E-state index is 8.94. The summed E-state index contributed by atoms with van der Waals surface area (Å²) in [6.07, 6.45) is 2.34. The van der Waals surface area contributed by atoms with Crippen LogP contribution in [0.5, 0.6) is 0 Å². The minimum Gasteiger partial charge on any atom is -0.395 e. The van der Waals surface area contributed by atoms with Crippen LogP contribution in [0.2, 0.25) is 0 Å². The summed E-state index contributed by atoms with van der Waals surface area (Å²) in [5, 5.41) is 8.94. The minimum absolute atomic E-state index is 0.178. The summed E-state index contributed by atoms with van der Waals surface area (Å²) in [5.41, 5.74) is 6.16. The van der Waals surface area contributed by atoms with E-state index in [-0.39, 0.29) is 12.0 Å². The number of ether oxygens (including phenoxy) is 1. The van der Waals surface area contributed by atoms with Crippen LogP contribution in [0.15, 0.2) is 0 Å². The molecule has 0 saturated carbocycles. The predicted molar refractivity (Wildman–Crippen MR) is 71.5 cm³/mol. The SMILES string of the molecule is NCC1(CN2CCN(CCO)CC2)CCCOC1. The van der Waals surface area contributed by atoms with Crippen molar-refractivity contribution in [1.29, 1.82) is 0 Å². The third-order valence-electron chi connectivity index (χ3n) is 4.28. The number of β-amino-alcohol motifs (C(OH)–C–C–N with tert-alkyl or cyclic N) is 1. The average Bonchev–Trinajstić information content (AvgIpc) is 2.42. The molecule has 0 aromatic carbocycles. The molecule has 18 heavy (non-hydrogen) atoms. The molecule has 1 atom stereocenters. The molecule has 2 rings (SSSR count). The van der Waals surface area contributed by atoms with Crippen molar-refractivity contribution in [2.24, 2.45) is 11.1 Å². The molecule has 0 aliphatic carbocycles. The van der Waals surface area contributed by atoms with Crippen LogP contribution in [0.25, 0.3) is 0 Å². The normalized spacial score (nSPS) is 31.7. The lowest BCUT2D eigenvalue weighted by atomic mass is 9.82. The Morgan fingerprint density at radius 1 is 1.17 bits per heavy atom. The summed E-state index contributed by atoms with van der Waals surface area (Å²) in [6.45, 7) is 8.86. The van der Waals surface area contributed by atoms with Crippen LogP contribution >= 0.6 is 0 Å². The number of hydrogen-bond donors (Lipinski definition) is 2. The highest BCUT2D eigenvalue weighted by molar-refractivity contribution is 4.87. The van der Waals surface area contributed by atoms with Gasteiger partial charge in [-0.2, -0.15) is 0 Å². The Balaban J connectivity index is 1.79. The Morgan fingerprint density at radius 3 is 2.44 bits per heavy atom. The molecule has 2 aliphatic heterocycles. The Labute approximate surface area is 110 Å². The van der Waals surface area contributed by atoms with E-state index in [0.717, 1.165) is 65.4 Å². The second-order valence-electron chi connectivity index (χ2n) is 5.70. The topological polar surface area (TPSA) is 62.0 Å². The fourth-order valence-electron chi connectivity index (χ4n) is 3.05. The van der Waals surface area contributed by atoms with E-state index < -0.39 is 0 Å². The van der Waals surface area contributed by atoms with Crippen LogP contribution in [0.1, 0.15) is 12.8 Å². The highest BCUT2D eigenvalue weighted by Crippen LogP contribution is 2.28. The van der Waals surface area contributed by atoms with Crippen molar-refractivity contribution >= 4 is 0 Å². The van der Waals surface area contributed by atoms with E-state index in [1.165, 1.54) is 6.42 Å². The Hall–Kier alpha value is -0.200. The van der Waals surface area contributed by atoms with Crippen LogP contribution in [0.3, 0.4) is 0 Å². The Bertz CT molecular complexity index is 236. The molecular weight excluding hydrogens is 230 g/mol. The van der Waals surface area contributed by atoms with Crippen LogP contribution < -0.4 is 5.73 Å². The number of nitrogens with two attached hydrogens (primary N) is 1. The van der Waals surface area contributed by atoms with Gasteiger partial charge in [-0.05, 0) is 12.8 Å². The Morgan fingerprint density at radius 2 is 1.89 bits per heavy atom. The van der Waals surface area contributed by atoms with E-state index >= 15 is 0 Å². The monoisotopic (exact) mass is 257 g/mol. The average molecular weight is 257 g/mol. The predicted octanol–water partition coefficient (Wildman–Crippen LogP) is -0.648. The first-order valence-electron chi connectivity index (χ1n) is 7.11. The maximum absolute atomic E-state index is 8.94. The van der Waals surface area contributed by atoms with Crippen molar-refractivity contribution in [3.05, 3.63) is 0 Å². The third kappa shape index (κ3) is 3.65. The van der Waals surface area contributed by atoms with Crippen LogP contribution in [-0.4, -0.2) is 80.5 Å². The summed E-state index contributed by atoms with van der Waals surface area (Å²) >= 11 is 0. The zero-order chi connectivity index (χ0) is 12.8. The van der Waals surface area contributed by atoms with Gasteiger partial charge in [-0.1, -0.05) is 0 Å². The molecule has 3 N–H and O–H groups in total. The molecule has 5 heteroatoms. The Kier molecular flexibility index (Phi) is 5.38. The second-order valence-corrected chi connectivity index (χ2v) is 5.70. The number of nitrogens with zero attached hydrogens (tertiary/aromatic N) is 2. The zero-order valence-electron chi connectivity index (χ0n) is 11.3. The van der Waals surface area contributed by atoms with Crippen molar-refractivity contribution in [3.63, 3.8) is 0 Å². The third-order valence-corrected chi connectivity index (χ3v) is 4.28. The molecule has 0 radical (unpaired) electrons. The van der Waals surface area contributed by atoms with Gasteiger partial charge in [0.15, 0.2) is 0 Å². The number of aliphatic hydroxyl groups excluding tert-OH is 1. The standard InChI is InChI=1S/C13H27N3O2/c14-10-13(2-1-9-18-12-13)11-16-5-3-15(4-6-16)7-8-17/h17H,1-12,14H2. The number of aliphatic hydroxyl groups is 1. The molecule has 0 amide bonds. The molecule has 2 fully saturated rings. The van der Waals surface area contributed by atoms with Gasteiger partial charge in [0.25, 0.3) is 0 Å². The van der Waals surface area contributed by atoms with Crippen LogP contribution in [0.4, 0.5) is 0 Å². The lowest BCUT2D eigenvalue weighted by Crippen LogP contribution is -2.53. The zero-order valence-corrected chi connectivity index (χ0v) is 11.3. The van der Waals surface area contributed by atoms with Gasteiger partial charge in [-0.25, -0.2) is 0 Å². The molecule has 5 nitrogen and oxygen atoms in total. The van der Waals surface area contributed by atoms with E-state index in [4.69, 9.17) is 15.6 Å². The van der Waals surface area contributed by atoms with Gasteiger partial charge in [0.2, 0.25) is 0 Å². The van der Waals surface area contributed by atoms with Gasteiger partial charge in [0.05, 0.1) is 13.2 Å². The fourth-order valence-corrected chi connectivity index (χ4v) is 3.05. The molecule has 2 aliphatic rings. The van der Waals surface area contributed by atoms with Gasteiger partial charge < -0.3 is 20.5 Å². The fraction of sp³-hybridized carbons (Fsp3) is 1.00. The highest BCUT2D eigenvalue weighted by atomic mass is 16.5. The van der Waals surface area contributed by atoms with Gasteiger partial charge >= 0.3 is 0 Å². The second kappa shape index (κ2) is 6.82. The summed E-state index contributed by atoms with van der Waals surface area (Å²) < 4.78 is 5.63. The van der Waals surface area contributed by atoms with E-state index in [1.807, 2.05) is 0 Å². The van der Waals surface area contributed by atoms with Gasteiger partial charge in [0, 0.05) is 57.8 Å². The van der Waals surface area contributed by atoms with Crippen molar-refractivity contribution in [2.45, 2.75) is 12.8 Å². The van der Waals surface area contributed by atoms with Crippen molar-refractivity contribution in [1.82, 2.24) is 9.80 Å². The molecule has 0 aromatic rings. The van der Waals surface area contributed by atoms with E-state index in [1.54, 1.807) is 0 Å². The van der Waals surface area contributed by atoms with Crippen molar-refractivity contribution < 1.29 is 9.84 Å². The summed E-state index contributed by atoms with van der Waals surface area (Å²) in [6, 6.07) is 0. The first kappa shape index (κ1) is 14.2. The van der Waals surface area contributed by atoms with Gasteiger partial charge in [0.1, 0.15) is 0 Å². The molecule has 2 saturated heterocycles. The van der Waals surface area contributed by atoms with Crippen LogP contribution in [-0.2, 0) is 4.74 Å². The number of piperazine rings is 1. The lowest BCUT2D eigenvalue weighted by Gasteiger charge is -2.43. The minimum atomic E-state index is 0.178. The quantitative estimate of drug-likeness (QED) is 0.685. The van der Waals surface area contributed by atoms with Gasteiger partial charge in [-0.15, -0.1) is 0 Å². The molecule has 106 valence electrons. The summed E-state index contributed by atoms with van der Waals surface area (Å²) in [4.78, 5) is 4.83. The summed E-state index contributed by atoms with van der Waals surface area (Å²) in [7, 11) is 0. The van der Waals surface area contributed by atoms with E-state index in [2.05, 4.69) is 9.80 Å². The maximum Gasteiger partial charge on any atom is 0.0558 e. The smallest absolute Gasteiger partial charge is 0.0558 e. The lowest BCUT2D eigenvalue weighted by molar-refractivity contribution is -0.0292. The molecule has 0 aromatic heterocycles. The largest absolute Gasteiger partial charge is 0.395 e. The van der Waals surface area contributed by atoms with Gasteiger partial charge in [-0.3, -0.25) is 4.90 Å². The van der Waals surface area contributed by atoms with Crippen LogP contribution in [0, 0.1) is 5.41 Å². The molecular formula is C13H27N3O2. The molecule has 1 unspecified atom stereocenters. The first-order valence-corrected chi connectivity index (χ1v) is 7.11. The molecule has 2 heterocycles. The first-order chi connectivity index (χ1) is 8.78. The number of rotatable bonds is 5. The van der Waals surface area contributed by atoms with Crippen molar-refractivity contribution in [2.75, 3.05) is 65.6 Å². The molecule has 0 spiro atoms. The molecule has 0 bridgehead atoms. The summed E-state index contributed by atoms with van der Waals surface area (Å²) in [5.74, 6) is 0. The number of hydrogen-bond acceptors (Lipinski definition) is 5. The van der Waals surface area contributed by atoms with E-state index in [9.17, 15) is 0 Å².